The summed E-state index contributed by atoms with van der Waals surface area (Å²) >= 11 is 0. The summed E-state index contributed by atoms with van der Waals surface area (Å²) in [5.41, 5.74) is 0. The molecule has 0 saturated carbocycles. The fourth-order valence-electron chi connectivity index (χ4n) is 1.39. The van der Waals surface area contributed by atoms with Crippen LogP contribution in [0.5, 0.6) is 0 Å². The van der Waals surface area contributed by atoms with Crippen LogP contribution in [0.4, 0.5) is 0 Å². The highest BCUT2D eigenvalue weighted by Gasteiger charge is 2.03. The van der Waals surface area contributed by atoms with Crippen molar-refractivity contribution in [3.8, 4) is 0 Å². The minimum atomic E-state index is 0.462. The number of rotatable bonds is 10. The van der Waals surface area contributed by atoms with Gasteiger partial charge >= 0.3 is 0 Å². The van der Waals surface area contributed by atoms with E-state index < -0.39 is 0 Å². The van der Waals surface area contributed by atoms with E-state index in [4.69, 9.17) is 13.9 Å². The first-order chi connectivity index (χ1) is 8.36. The molecule has 0 amide bonds. The van der Waals surface area contributed by atoms with Crippen molar-refractivity contribution in [2.24, 2.45) is 0 Å². The molecule has 0 aliphatic carbocycles. The second-order valence-corrected chi connectivity index (χ2v) is 3.72. The number of methoxy groups -OCH3 is 1. The van der Waals surface area contributed by atoms with Gasteiger partial charge in [0.2, 0.25) is 0 Å². The van der Waals surface area contributed by atoms with Crippen LogP contribution in [0.3, 0.4) is 0 Å². The lowest BCUT2D eigenvalue weighted by Crippen LogP contribution is -2.14. The SMILES string of the molecule is CCNCCCc1ncc(COCCOC)o1. The Labute approximate surface area is 103 Å². The normalized spacial score (nSPS) is 10.9. The zero-order valence-electron chi connectivity index (χ0n) is 10.7. The van der Waals surface area contributed by atoms with E-state index in [-0.39, 0.29) is 0 Å². The van der Waals surface area contributed by atoms with Crippen LogP contribution in [0.25, 0.3) is 0 Å². The van der Waals surface area contributed by atoms with Gasteiger partial charge in [-0.2, -0.15) is 0 Å². The molecule has 17 heavy (non-hydrogen) atoms. The summed E-state index contributed by atoms with van der Waals surface area (Å²) in [5, 5.41) is 3.27. The molecule has 0 bridgehead atoms. The molecule has 1 rings (SSSR count). The fraction of sp³-hybridized carbons (Fsp3) is 0.750. The zero-order chi connectivity index (χ0) is 12.3. The number of nitrogens with zero attached hydrogens (tertiary/aromatic N) is 1. The van der Waals surface area contributed by atoms with Crippen LogP contribution in [0.1, 0.15) is 25.0 Å². The van der Waals surface area contributed by atoms with E-state index in [1.165, 1.54) is 0 Å². The van der Waals surface area contributed by atoms with Crippen molar-refractivity contribution in [3.63, 3.8) is 0 Å². The Morgan fingerprint density at radius 1 is 1.41 bits per heavy atom. The van der Waals surface area contributed by atoms with Crippen molar-refractivity contribution in [2.75, 3.05) is 33.4 Å². The summed E-state index contributed by atoms with van der Waals surface area (Å²) in [4.78, 5) is 4.21. The largest absolute Gasteiger partial charge is 0.443 e. The molecule has 0 aromatic carbocycles. The molecular formula is C12H22N2O3. The molecule has 5 nitrogen and oxygen atoms in total. The van der Waals surface area contributed by atoms with Crippen LogP contribution in [-0.2, 0) is 22.5 Å². The molecule has 98 valence electrons. The Balaban J connectivity index is 2.14. The van der Waals surface area contributed by atoms with Gasteiger partial charge in [0.25, 0.3) is 0 Å². The maximum Gasteiger partial charge on any atom is 0.194 e. The Morgan fingerprint density at radius 3 is 3.06 bits per heavy atom. The molecule has 5 heteroatoms. The number of ether oxygens (including phenoxy) is 2. The smallest absolute Gasteiger partial charge is 0.194 e. The first kappa shape index (κ1) is 14.2. The van der Waals surface area contributed by atoms with Crippen molar-refractivity contribution in [3.05, 3.63) is 17.8 Å². The molecule has 0 radical (unpaired) electrons. The van der Waals surface area contributed by atoms with E-state index in [0.29, 0.717) is 19.8 Å². The average Bonchev–Trinajstić information content (AvgIpc) is 2.78. The summed E-state index contributed by atoms with van der Waals surface area (Å²) in [5.74, 6) is 1.56. The van der Waals surface area contributed by atoms with Crippen LogP contribution in [-0.4, -0.2) is 38.4 Å². The van der Waals surface area contributed by atoms with Gasteiger partial charge < -0.3 is 19.2 Å². The van der Waals surface area contributed by atoms with E-state index in [0.717, 1.165) is 37.6 Å². The van der Waals surface area contributed by atoms with Crippen LogP contribution in [0.15, 0.2) is 10.6 Å². The molecule has 0 aliphatic heterocycles. The molecule has 1 aromatic heterocycles. The van der Waals surface area contributed by atoms with E-state index in [1.807, 2.05) is 0 Å². The summed E-state index contributed by atoms with van der Waals surface area (Å²) in [6, 6.07) is 0. The molecular weight excluding hydrogens is 220 g/mol. The summed E-state index contributed by atoms with van der Waals surface area (Å²) in [7, 11) is 1.65. The quantitative estimate of drug-likeness (QED) is 0.628. The number of hydrogen-bond donors (Lipinski definition) is 1. The van der Waals surface area contributed by atoms with Crippen molar-refractivity contribution in [1.29, 1.82) is 0 Å². The fourth-order valence-corrected chi connectivity index (χ4v) is 1.39. The Hall–Kier alpha value is -0.910. The molecule has 1 N–H and O–H groups in total. The van der Waals surface area contributed by atoms with Gasteiger partial charge in [0, 0.05) is 13.5 Å². The Morgan fingerprint density at radius 2 is 2.29 bits per heavy atom. The molecule has 1 aromatic rings. The van der Waals surface area contributed by atoms with Gasteiger partial charge in [-0.1, -0.05) is 6.92 Å². The van der Waals surface area contributed by atoms with Crippen molar-refractivity contribution in [2.45, 2.75) is 26.4 Å². The highest BCUT2D eigenvalue weighted by molar-refractivity contribution is 4.92. The van der Waals surface area contributed by atoms with Crippen LogP contribution < -0.4 is 5.32 Å². The van der Waals surface area contributed by atoms with E-state index in [1.54, 1.807) is 13.3 Å². The second-order valence-electron chi connectivity index (χ2n) is 3.72. The minimum Gasteiger partial charge on any atom is -0.443 e. The van der Waals surface area contributed by atoms with Crippen molar-refractivity contribution >= 4 is 0 Å². The molecule has 0 aliphatic rings. The van der Waals surface area contributed by atoms with Gasteiger partial charge in [-0.15, -0.1) is 0 Å². The first-order valence-corrected chi connectivity index (χ1v) is 6.07. The first-order valence-electron chi connectivity index (χ1n) is 6.07. The molecule has 1 heterocycles. The summed E-state index contributed by atoms with van der Waals surface area (Å²) < 4.78 is 15.8. The number of aryl methyl sites for hydroxylation is 1. The molecule has 0 unspecified atom stereocenters. The van der Waals surface area contributed by atoms with Gasteiger partial charge in [-0.05, 0) is 19.5 Å². The molecule has 0 spiro atoms. The topological polar surface area (TPSA) is 56.5 Å². The number of nitrogens with one attached hydrogen (secondary N) is 1. The number of oxazole rings is 1. The summed E-state index contributed by atoms with van der Waals surface area (Å²) in [6.07, 6.45) is 3.64. The van der Waals surface area contributed by atoms with Gasteiger partial charge in [-0.3, -0.25) is 0 Å². The lowest BCUT2D eigenvalue weighted by molar-refractivity contribution is 0.0534. The van der Waals surface area contributed by atoms with E-state index in [2.05, 4.69) is 17.2 Å². The van der Waals surface area contributed by atoms with E-state index in [9.17, 15) is 0 Å². The predicted molar refractivity (Wildman–Crippen MR) is 64.9 cm³/mol. The Kier molecular flexibility index (Phi) is 7.62. The molecule has 0 atom stereocenters. The predicted octanol–water partition coefficient (Wildman–Crippen LogP) is 1.38. The highest BCUT2D eigenvalue weighted by atomic mass is 16.5. The Bertz CT molecular complexity index is 263. The zero-order valence-corrected chi connectivity index (χ0v) is 10.7. The lowest BCUT2D eigenvalue weighted by atomic mass is 10.3. The monoisotopic (exact) mass is 242 g/mol. The minimum absolute atomic E-state index is 0.462. The average molecular weight is 242 g/mol. The van der Waals surface area contributed by atoms with Crippen LogP contribution >= 0.6 is 0 Å². The second kappa shape index (κ2) is 9.15. The third kappa shape index (κ3) is 6.41. The third-order valence-electron chi connectivity index (χ3n) is 2.27. The highest BCUT2D eigenvalue weighted by Crippen LogP contribution is 2.07. The maximum atomic E-state index is 5.54. The van der Waals surface area contributed by atoms with Gasteiger partial charge in [-0.25, -0.2) is 4.98 Å². The van der Waals surface area contributed by atoms with Gasteiger partial charge in [0.1, 0.15) is 12.4 Å². The van der Waals surface area contributed by atoms with Crippen LogP contribution in [0, 0.1) is 0 Å². The van der Waals surface area contributed by atoms with Crippen molar-refractivity contribution in [1.82, 2.24) is 10.3 Å². The van der Waals surface area contributed by atoms with Crippen LogP contribution in [0.2, 0.25) is 0 Å². The molecule has 0 fully saturated rings. The standard InChI is InChI=1S/C12H22N2O3/c1-3-13-6-4-5-12-14-9-11(17-12)10-16-8-7-15-2/h9,13H,3-8,10H2,1-2H3. The summed E-state index contributed by atoms with van der Waals surface area (Å²) in [6.45, 7) is 5.74. The van der Waals surface area contributed by atoms with Gasteiger partial charge in [0.05, 0.1) is 19.4 Å². The maximum absolute atomic E-state index is 5.54. The number of hydrogen-bond acceptors (Lipinski definition) is 5. The van der Waals surface area contributed by atoms with Crippen molar-refractivity contribution < 1.29 is 13.9 Å². The van der Waals surface area contributed by atoms with Gasteiger partial charge in [0.15, 0.2) is 5.89 Å². The number of aromatic nitrogens is 1. The lowest BCUT2D eigenvalue weighted by Gasteiger charge is -2.00. The third-order valence-corrected chi connectivity index (χ3v) is 2.27. The van der Waals surface area contributed by atoms with E-state index >= 15 is 0 Å². The molecule has 0 saturated heterocycles.